The molecule has 1 unspecified atom stereocenters. The molecule has 168 valence electrons. The topological polar surface area (TPSA) is 88.2 Å². The van der Waals surface area contributed by atoms with Gasteiger partial charge in [0.2, 0.25) is 15.9 Å². The highest BCUT2D eigenvalue weighted by atomic mass is 32.2. The standard InChI is InChI=1S/C21H33N3O5S/c1-16(2)20(21(25)23(3)11-12-24-9-4-5-10-24)22-30(26,27)17-7-8-18-19(15-17)29-14-6-13-28-18/h7-8,15-16,20,22H,4-6,9-14H2,1-3H3. The van der Waals surface area contributed by atoms with Gasteiger partial charge in [-0.3, -0.25) is 4.79 Å². The van der Waals surface area contributed by atoms with E-state index >= 15 is 0 Å². The fraction of sp³-hybridized carbons (Fsp3) is 0.667. The number of hydrogen-bond acceptors (Lipinski definition) is 6. The van der Waals surface area contributed by atoms with Crippen molar-refractivity contribution in [3.8, 4) is 11.5 Å². The van der Waals surface area contributed by atoms with Crippen LogP contribution in [0.3, 0.4) is 0 Å². The number of carbonyl (C=O) groups is 1. The van der Waals surface area contributed by atoms with Gasteiger partial charge in [0.1, 0.15) is 6.04 Å². The molecule has 1 N–H and O–H groups in total. The van der Waals surface area contributed by atoms with E-state index in [1.807, 2.05) is 13.8 Å². The molecule has 0 spiro atoms. The Kier molecular flexibility index (Phi) is 7.60. The summed E-state index contributed by atoms with van der Waals surface area (Å²) in [6.45, 7) is 8.19. The summed E-state index contributed by atoms with van der Waals surface area (Å²) >= 11 is 0. The van der Waals surface area contributed by atoms with Crippen LogP contribution in [-0.2, 0) is 14.8 Å². The van der Waals surface area contributed by atoms with Crippen LogP contribution in [0.2, 0.25) is 0 Å². The zero-order chi connectivity index (χ0) is 21.7. The molecule has 2 aliphatic heterocycles. The van der Waals surface area contributed by atoms with Gasteiger partial charge in [0.05, 0.1) is 18.1 Å². The summed E-state index contributed by atoms with van der Waals surface area (Å²) in [5, 5.41) is 0. The monoisotopic (exact) mass is 439 g/mol. The van der Waals surface area contributed by atoms with Crippen molar-refractivity contribution >= 4 is 15.9 Å². The number of nitrogens with one attached hydrogen (secondary N) is 1. The number of fused-ring (bicyclic) bond motifs is 1. The average molecular weight is 440 g/mol. The number of ether oxygens (including phenoxy) is 2. The maximum Gasteiger partial charge on any atom is 0.241 e. The van der Waals surface area contributed by atoms with Crippen LogP contribution in [0.1, 0.15) is 33.1 Å². The van der Waals surface area contributed by atoms with E-state index in [2.05, 4.69) is 9.62 Å². The first-order valence-corrected chi connectivity index (χ1v) is 12.2. The van der Waals surface area contributed by atoms with Gasteiger partial charge in [-0.15, -0.1) is 0 Å². The van der Waals surface area contributed by atoms with Gasteiger partial charge in [-0.25, -0.2) is 8.42 Å². The molecule has 8 nitrogen and oxygen atoms in total. The van der Waals surface area contributed by atoms with Gasteiger partial charge in [0.15, 0.2) is 11.5 Å². The fourth-order valence-corrected chi connectivity index (χ4v) is 5.02. The number of hydrogen-bond donors (Lipinski definition) is 1. The maximum atomic E-state index is 13.0. The molecule has 0 aliphatic carbocycles. The molecule has 1 saturated heterocycles. The minimum atomic E-state index is -3.90. The molecule has 30 heavy (non-hydrogen) atoms. The number of likely N-dealkylation sites (tertiary alicyclic amines) is 1. The summed E-state index contributed by atoms with van der Waals surface area (Å²) in [6.07, 6.45) is 3.13. The molecule has 1 atom stereocenters. The molecule has 1 aromatic rings. The molecule has 3 rings (SSSR count). The van der Waals surface area contributed by atoms with E-state index < -0.39 is 16.1 Å². The van der Waals surface area contributed by atoms with E-state index in [1.54, 1.807) is 18.0 Å². The lowest BCUT2D eigenvalue weighted by Crippen LogP contribution is -2.51. The van der Waals surface area contributed by atoms with E-state index in [9.17, 15) is 13.2 Å². The third-order valence-electron chi connectivity index (χ3n) is 5.57. The quantitative estimate of drug-likeness (QED) is 0.663. The van der Waals surface area contributed by atoms with Crippen molar-refractivity contribution in [2.24, 2.45) is 5.92 Å². The first kappa shape index (κ1) is 22.8. The van der Waals surface area contributed by atoms with Crippen molar-refractivity contribution in [1.29, 1.82) is 0 Å². The van der Waals surface area contributed by atoms with Crippen molar-refractivity contribution < 1.29 is 22.7 Å². The molecular formula is C21H33N3O5S. The molecule has 0 bridgehead atoms. The second kappa shape index (κ2) is 9.98. The summed E-state index contributed by atoms with van der Waals surface area (Å²) < 4.78 is 39.8. The van der Waals surface area contributed by atoms with Gasteiger partial charge in [0, 0.05) is 32.6 Å². The molecule has 1 fully saturated rings. The third kappa shape index (κ3) is 5.65. The Morgan fingerprint density at radius 3 is 2.47 bits per heavy atom. The minimum absolute atomic E-state index is 0.0601. The smallest absolute Gasteiger partial charge is 0.241 e. The van der Waals surface area contributed by atoms with Crippen LogP contribution >= 0.6 is 0 Å². The average Bonchev–Trinajstić information content (AvgIpc) is 3.12. The van der Waals surface area contributed by atoms with Crippen LogP contribution < -0.4 is 14.2 Å². The van der Waals surface area contributed by atoms with Crippen LogP contribution in [0, 0.1) is 5.92 Å². The Balaban J connectivity index is 1.69. The number of carbonyl (C=O) groups excluding carboxylic acids is 1. The molecule has 0 radical (unpaired) electrons. The van der Waals surface area contributed by atoms with Crippen LogP contribution in [0.5, 0.6) is 11.5 Å². The Morgan fingerprint density at radius 1 is 1.13 bits per heavy atom. The minimum Gasteiger partial charge on any atom is -0.490 e. The first-order chi connectivity index (χ1) is 14.3. The van der Waals surface area contributed by atoms with Crippen molar-refractivity contribution in [3.05, 3.63) is 18.2 Å². The summed E-state index contributed by atoms with van der Waals surface area (Å²) in [7, 11) is -2.17. The van der Waals surface area contributed by atoms with Crippen LogP contribution in [-0.4, -0.2) is 76.6 Å². The first-order valence-electron chi connectivity index (χ1n) is 10.7. The Hall–Kier alpha value is -1.84. The Bertz CT molecular complexity index is 837. The Morgan fingerprint density at radius 2 is 1.80 bits per heavy atom. The van der Waals surface area contributed by atoms with E-state index in [4.69, 9.17) is 9.47 Å². The number of likely N-dealkylation sites (N-methyl/N-ethyl adjacent to an activating group) is 1. The predicted octanol–water partition coefficient (Wildman–Crippen LogP) is 1.71. The molecule has 2 aliphatic rings. The summed E-state index contributed by atoms with van der Waals surface area (Å²) in [5.74, 6) is 0.527. The molecule has 9 heteroatoms. The maximum absolute atomic E-state index is 13.0. The second-order valence-corrected chi connectivity index (χ2v) is 10.0. The van der Waals surface area contributed by atoms with Crippen LogP contribution in [0.4, 0.5) is 0 Å². The summed E-state index contributed by atoms with van der Waals surface area (Å²) in [5.41, 5.74) is 0. The lowest BCUT2D eigenvalue weighted by atomic mass is 10.0. The molecule has 0 saturated carbocycles. The molecule has 2 heterocycles. The highest BCUT2D eigenvalue weighted by molar-refractivity contribution is 7.89. The largest absolute Gasteiger partial charge is 0.490 e. The van der Waals surface area contributed by atoms with Gasteiger partial charge in [-0.1, -0.05) is 13.8 Å². The van der Waals surface area contributed by atoms with Gasteiger partial charge >= 0.3 is 0 Å². The van der Waals surface area contributed by atoms with E-state index in [0.717, 1.165) is 26.1 Å². The van der Waals surface area contributed by atoms with Gasteiger partial charge in [-0.2, -0.15) is 4.72 Å². The normalized spacial score (nSPS) is 18.3. The Labute approximate surface area is 179 Å². The highest BCUT2D eigenvalue weighted by Gasteiger charge is 2.31. The molecule has 1 amide bonds. The van der Waals surface area contributed by atoms with E-state index in [1.165, 1.54) is 25.0 Å². The van der Waals surface area contributed by atoms with Gasteiger partial charge < -0.3 is 19.3 Å². The second-order valence-electron chi connectivity index (χ2n) is 8.31. The molecule has 0 aromatic heterocycles. The lowest BCUT2D eigenvalue weighted by molar-refractivity contribution is -0.132. The summed E-state index contributed by atoms with van der Waals surface area (Å²) in [4.78, 5) is 17.0. The lowest BCUT2D eigenvalue weighted by Gasteiger charge is -2.28. The molecule has 1 aromatic carbocycles. The molecular weight excluding hydrogens is 406 g/mol. The van der Waals surface area contributed by atoms with Crippen LogP contribution in [0.15, 0.2) is 23.1 Å². The van der Waals surface area contributed by atoms with Crippen molar-refractivity contribution in [2.75, 3.05) is 46.4 Å². The number of rotatable bonds is 8. The van der Waals surface area contributed by atoms with Crippen molar-refractivity contribution in [2.45, 2.75) is 44.0 Å². The number of sulfonamides is 1. The van der Waals surface area contributed by atoms with Crippen LogP contribution in [0.25, 0.3) is 0 Å². The number of amides is 1. The van der Waals surface area contributed by atoms with E-state index in [-0.39, 0.29) is 16.7 Å². The highest BCUT2D eigenvalue weighted by Crippen LogP contribution is 2.32. The zero-order valence-electron chi connectivity index (χ0n) is 18.1. The van der Waals surface area contributed by atoms with Gasteiger partial charge in [-0.05, 0) is 44.0 Å². The zero-order valence-corrected chi connectivity index (χ0v) is 18.9. The van der Waals surface area contributed by atoms with Crippen molar-refractivity contribution in [3.63, 3.8) is 0 Å². The third-order valence-corrected chi connectivity index (χ3v) is 7.01. The van der Waals surface area contributed by atoms with Gasteiger partial charge in [0.25, 0.3) is 0 Å². The van der Waals surface area contributed by atoms with Crippen molar-refractivity contribution in [1.82, 2.24) is 14.5 Å². The predicted molar refractivity (Wildman–Crippen MR) is 114 cm³/mol. The van der Waals surface area contributed by atoms with E-state index in [0.29, 0.717) is 31.3 Å². The number of benzene rings is 1. The fourth-order valence-electron chi connectivity index (χ4n) is 3.66. The number of nitrogens with zero attached hydrogens (tertiary/aromatic N) is 2. The SMILES string of the molecule is CC(C)C(NS(=O)(=O)c1ccc2c(c1)OCCCO2)C(=O)N(C)CCN1CCCC1. The summed E-state index contributed by atoms with van der Waals surface area (Å²) in [6, 6.07) is 3.70.